The first-order valence-corrected chi connectivity index (χ1v) is 6.02. The molecular formula is C11H13ClF3N3. The SMILES string of the molecule is CC1CN(c2cc(C(F)(F)F)nc(Cl)n2)CC1C. The summed E-state index contributed by atoms with van der Waals surface area (Å²) in [7, 11) is 0. The smallest absolute Gasteiger partial charge is 0.356 e. The molecule has 2 atom stereocenters. The van der Waals surface area contributed by atoms with Gasteiger partial charge in [-0.1, -0.05) is 13.8 Å². The molecule has 1 fully saturated rings. The molecule has 2 heterocycles. The molecular weight excluding hydrogens is 267 g/mol. The fraction of sp³-hybridized carbons (Fsp3) is 0.636. The van der Waals surface area contributed by atoms with E-state index < -0.39 is 11.9 Å². The van der Waals surface area contributed by atoms with Crippen LogP contribution in [0.4, 0.5) is 19.0 Å². The average Bonchev–Trinajstić information content (AvgIpc) is 2.57. The zero-order valence-electron chi connectivity index (χ0n) is 10.00. The van der Waals surface area contributed by atoms with Crippen molar-refractivity contribution in [3.05, 3.63) is 17.0 Å². The van der Waals surface area contributed by atoms with Crippen LogP contribution in [-0.4, -0.2) is 23.1 Å². The summed E-state index contributed by atoms with van der Waals surface area (Å²) in [6.45, 7) is 5.51. The molecule has 1 aromatic rings. The molecule has 0 N–H and O–H groups in total. The molecule has 7 heteroatoms. The minimum atomic E-state index is -4.50. The quantitative estimate of drug-likeness (QED) is 0.739. The summed E-state index contributed by atoms with van der Waals surface area (Å²) >= 11 is 5.56. The molecule has 0 aliphatic carbocycles. The summed E-state index contributed by atoms with van der Waals surface area (Å²) in [5.41, 5.74) is -0.996. The number of rotatable bonds is 1. The third kappa shape index (κ3) is 2.68. The molecule has 0 saturated carbocycles. The topological polar surface area (TPSA) is 29.0 Å². The van der Waals surface area contributed by atoms with Gasteiger partial charge in [-0.15, -0.1) is 0 Å². The van der Waals surface area contributed by atoms with Gasteiger partial charge in [-0.3, -0.25) is 0 Å². The second-order valence-electron chi connectivity index (χ2n) is 4.74. The second-order valence-corrected chi connectivity index (χ2v) is 5.08. The maximum absolute atomic E-state index is 12.6. The average molecular weight is 280 g/mol. The lowest BCUT2D eigenvalue weighted by molar-refractivity contribution is -0.141. The Hall–Kier alpha value is -1.04. The predicted octanol–water partition coefficient (Wildman–Crippen LogP) is 3.24. The highest BCUT2D eigenvalue weighted by molar-refractivity contribution is 6.28. The van der Waals surface area contributed by atoms with Crippen molar-refractivity contribution in [3.8, 4) is 0 Å². The zero-order valence-corrected chi connectivity index (χ0v) is 10.8. The van der Waals surface area contributed by atoms with Crippen molar-refractivity contribution in [1.82, 2.24) is 9.97 Å². The van der Waals surface area contributed by atoms with Gasteiger partial charge in [-0.05, 0) is 23.4 Å². The van der Waals surface area contributed by atoms with Gasteiger partial charge in [0, 0.05) is 19.2 Å². The Kier molecular flexibility index (Phi) is 3.40. The summed E-state index contributed by atoms with van der Waals surface area (Å²) in [5, 5.41) is -0.368. The Balaban J connectivity index is 2.32. The van der Waals surface area contributed by atoms with E-state index in [0.29, 0.717) is 24.9 Å². The summed E-state index contributed by atoms with van der Waals surface area (Å²) in [5.74, 6) is 1.10. The number of aromatic nitrogens is 2. The summed E-state index contributed by atoms with van der Waals surface area (Å²) in [4.78, 5) is 8.91. The molecule has 2 rings (SSSR count). The number of hydrogen-bond donors (Lipinski definition) is 0. The van der Waals surface area contributed by atoms with E-state index in [-0.39, 0.29) is 11.1 Å². The molecule has 0 bridgehead atoms. The normalized spacial score (nSPS) is 24.7. The van der Waals surface area contributed by atoms with Crippen LogP contribution in [0.15, 0.2) is 6.07 Å². The fourth-order valence-electron chi connectivity index (χ4n) is 2.03. The van der Waals surface area contributed by atoms with Crippen LogP contribution < -0.4 is 4.90 Å². The van der Waals surface area contributed by atoms with Crippen LogP contribution >= 0.6 is 11.6 Å². The first kappa shape index (κ1) is 13.4. The van der Waals surface area contributed by atoms with Gasteiger partial charge in [0.1, 0.15) is 5.82 Å². The first-order chi connectivity index (χ1) is 8.27. The molecule has 1 saturated heterocycles. The van der Waals surface area contributed by atoms with E-state index in [9.17, 15) is 13.2 Å². The van der Waals surface area contributed by atoms with E-state index in [1.54, 1.807) is 0 Å². The van der Waals surface area contributed by atoms with Gasteiger partial charge >= 0.3 is 6.18 Å². The Morgan fingerprint density at radius 2 is 1.78 bits per heavy atom. The maximum Gasteiger partial charge on any atom is 0.433 e. The molecule has 1 aliphatic heterocycles. The number of alkyl halides is 3. The van der Waals surface area contributed by atoms with Crippen molar-refractivity contribution in [2.24, 2.45) is 11.8 Å². The van der Waals surface area contributed by atoms with Crippen LogP contribution in [0.3, 0.4) is 0 Å². The summed E-state index contributed by atoms with van der Waals surface area (Å²) < 4.78 is 37.9. The van der Waals surface area contributed by atoms with Crippen molar-refractivity contribution >= 4 is 17.4 Å². The summed E-state index contributed by atoms with van der Waals surface area (Å²) in [6, 6.07) is 0.955. The third-order valence-corrected chi connectivity index (χ3v) is 3.46. The van der Waals surface area contributed by atoms with Gasteiger partial charge in [-0.2, -0.15) is 13.2 Å². The van der Waals surface area contributed by atoms with E-state index in [0.717, 1.165) is 6.07 Å². The zero-order chi connectivity index (χ0) is 13.5. The Bertz CT molecular complexity index is 440. The van der Waals surface area contributed by atoms with E-state index in [1.807, 2.05) is 4.90 Å². The second kappa shape index (κ2) is 4.57. The highest BCUT2D eigenvalue weighted by Crippen LogP contribution is 2.32. The first-order valence-electron chi connectivity index (χ1n) is 5.64. The Morgan fingerprint density at radius 3 is 2.28 bits per heavy atom. The molecule has 100 valence electrons. The van der Waals surface area contributed by atoms with E-state index in [2.05, 4.69) is 23.8 Å². The lowest BCUT2D eigenvalue weighted by Crippen LogP contribution is -2.22. The largest absolute Gasteiger partial charge is 0.433 e. The van der Waals surface area contributed by atoms with Crippen molar-refractivity contribution in [2.75, 3.05) is 18.0 Å². The van der Waals surface area contributed by atoms with Gasteiger partial charge in [0.2, 0.25) is 5.28 Å². The van der Waals surface area contributed by atoms with Gasteiger partial charge < -0.3 is 4.90 Å². The highest BCUT2D eigenvalue weighted by Gasteiger charge is 2.35. The minimum Gasteiger partial charge on any atom is -0.356 e. The van der Waals surface area contributed by atoms with Crippen LogP contribution in [0.2, 0.25) is 5.28 Å². The highest BCUT2D eigenvalue weighted by atomic mass is 35.5. The monoisotopic (exact) mass is 279 g/mol. The van der Waals surface area contributed by atoms with Crippen LogP contribution in [-0.2, 0) is 6.18 Å². The van der Waals surface area contributed by atoms with Crippen LogP contribution in [0, 0.1) is 11.8 Å². The van der Waals surface area contributed by atoms with E-state index in [1.165, 1.54) is 0 Å². The lowest BCUT2D eigenvalue weighted by Gasteiger charge is -2.18. The molecule has 3 nitrogen and oxygen atoms in total. The van der Waals surface area contributed by atoms with Gasteiger partial charge in [0.25, 0.3) is 0 Å². The van der Waals surface area contributed by atoms with Gasteiger partial charge in [0.05, 0.1) is 0 Å². The maximum atomic E-state index is 12.6. The standard InChI is InChI=1S/C11H13ClF3N3/c1-6-4-18(5-7(6)2)9-3-8(11(13,14)15)16-10(12)17-9/h3,6-7H,4-5H2,1-2H3. The van der Waals surface area contributed by atoms with Crippen molar-refractivity contribution < 1.29 is 13.2 Å². The number of anilines is 1. The van der Waals surface area contributed by atoms with Gasteiger partial charge in [0.15, 0.2) is 5.69 Å². The lowest BCUT2D eigenvalue weighted by atomic mass is 10.0. The third-order valence-electron chi connectivity index (χ3n) is 3.29. The van der Waals surface area contributed by atoms with Crippen molar-refractivity contribution in [2.45, 2.75) is 20.0 Å². The summed E-state index contributed by atoms with van der Waals surface area (Å²) in [6.07, 6.45) is -4.50. The Morgan fingerprint density at radius 1 is 1.22 bits per heavy atom. The molecule has 1 aromatic heterocycles. The molecule has 0 aromatic carbocycles. The number of nitrogens with zero attached hydrogens (tertiary/aromatic N) is 3. The van der Waals surface area contributed by atoms with E-state index >= 15 is 0 Å². The van der Waals surface area contributed by atoms with Crippen LogP contribution in [0.1, 0.15) is 19.5 Å². The predicted molar refractivity (Wildman–Crippen MR) is 62.6 cm³/mol. The van der Waals surface area contributed by atoms with Crippen molar-refractivity contribution in [1.29, 1.82) is 0 Å². The molecule has 18 heavy (non-hydrogen) atoms. The minimum absolute atomic E-state index is 0.249. The number of halogens is 4. The molecule has 0 radical (unpaired) electrons. The van der Waals surface area contributed by atoms with Crippen LogP contribution in [0.25, 0.3) is 0 Å². The van der Waals surface area contributed by atoms with Crippen molar-refractivity contribution in [3.63, 3.8) is 0 Å². The van der Waals surface area contributed by atoms with E-state index in [4.69, 9.17) is 11.6 Å². The van der Waals surface area contributed by atoms with Crippen LogP contribution in [0.5, 0.6) is 0 Å². The number of hydrogen-bond acceptors (Lipinski definition) is 3. The Labute approximate surface area is 108 Å². The molecule has 1 aliphatic rings. The molecule has 0 amide bonds. The molecule has 0 spiro atoms. The van der Waals surface area contributed by atoms with Gasteiger partial charge in [-0.25, -0.2) is 9.97 Å². The fourth-order valence-corrected chi connectivity index (χ4v) is 2.21. The molecule has 2 unspecified atom stereocenters.